The number of rotatable bonds is 5. The number of piperidine rings is 1. The summed E-state index contributed by atoms with van der Waals surface area (Å²) in [5.74, 6) is 1.55. The highest BCUT2D eigenvalue weighted by Crippen LogP contribution is 2.23. The molecule has 1 amide bonds. The summed E-state index contributed by atoms with van der Waals surface area (Å²) in [4.78, 5) is 14.5. The number of hydrogen-bond acceptors (Lipinski definition) is 6. The van der Waals surface area contributed by atoms with Crippen molar-refractivity contribution in [3.63, 3.8) is 0 Å². The van der Waals surface area contributed by atoms with Crippen LogP contribution < -0.4 is 10.2 Å². The molecular formula is C19H22N6O2. The number of hydrogen-bond donors (Lipinski definition) is 1. The van der Waals surface area contributed by atoms with Crippen LogP contribution in [0.15, 0.2) is 47.1 Å². The number of benzene rings is 1. The monoisotopic (exact) mass is 366 g/mol. The molecular weight excluding hydrogens is 344 g/mol. The van der Waals surface area contributed by atoms with Crippen molar-refractivity contribution in [2.24, 2.45) is 5.92 Å². The molecule has 0 unspecified atom stereocenters. The Labute approximate surface area is 157 Å². The molecule has 0 atom stereocenters. The van der Waals surface area contributed by atoms with Gasteiger partial charge in [-0.25, -0.2) is 0 Å². The van der Waals surface area contributed by atoms with E-state index in [1.807, 2.05) is 43.3 Å². The SMILES string of the molecule is Cc1ccc(-n2nnnc2N2CCC(C(=O)NCc3ccco3)CC2)cc1. The molecule has 27 heavy (non-hydrogen) atoms. The zero-order valence-electron chi connectivity index (χ0n) is 15.2. The topological polar surface area (TPSA) is 89.1 Å². The first-order chi connectivity index (χ1) is 13.2. The second-order valence-corrected chi connectivity index (χ2v) is 6.78. The number of amides is 1. The fraction of sp³-hybridized carbons (Fsp3) is 0.368. The maximum absolute atomic E-state index is 12.4. The van der Waals surface area contributed by atoms with Gasteiger partial charge < -0.3 is 14.6 Å². The molecule has 0 spiro atoms. The Morgan fingerprint density at radius 1 is 1.22 bits per heavy atom. The van der Waals surface area contributed by atoms with Gasteiger partial charge in [-0.1, -0.05) is 22.8 Å². The maximum Gasteiger partial charge on any atom is 0.250 e. The molecule has 8 heteroatoms. The van der Waals surface area contributed by atoms with Crippen LogP contribution in [-0.2, 0) is 11.3 Å². The van der Waals surface area contributed by atoms with Crippen LogP contribution in [0.2, 0.25) is 0 Å². The second kappa shape index (κ2) is 7.61. The number of carbonyl (C=O) groups excluding carboxylic acids is 1. The quantitative estimate of drug-likeness (QED) is 0.744. The molecule has 1 fully saturated rings. The standard InChI is InChI=1S/C19H22N6O2/c1-14-4-6-16(7-5-14)25-19(21-22-23-25)24-10-8-15(9-11-24)18(26)20-13-17-3-2-12-27-17/h2-7,12,15H,8-11,13H2,1H3,(H,20,26). The molecule has 2 aromatic heterocycles. The lowest BCUT2D eigenvalue weighted by molar-refractivity contribution is -0.125. The molecule has 8 nitrogen and oxygen atoms in total. The van der Waals surface area contributed by atoms with Crippen LogP contribution in [0, 0.1) is 12.8 Å². The van der Waals surface area contributed by atoms with Crippen LogP contribution in [0.4, 0.5) is 5.95 Å². The Balaban J connectivity index is 1.36. The van der Waals surface area contributed by atoms with Crippen molar-refractivity contribution in [1.29, 1.82) is 0 Å². The molecule has 3 aromatic rings. The number of furan rings is 1. The molecule has 1 saturated heterocycles. The van der Waals surface area contributed by atoms with E-state index < -0.39 is 0 Å². The van der Waals surface area contributed by atoms with Crippen molar-refractivity contribution in [2.45, 2.75) is 26.3 Å². The zero-order valence-corrected chi connectivity index (χ0v) is 15.2. The van der Waals surface area contributed by atoms with Crippen molar-refractivity contribution >= 4 is 11.9 Å². The number of carbonyl (C=O) groups is 1. The van der Waals surface area contributed by atoms with Crippen molar-refractivity contribution < 1.29 is 9.21 Å². The molecule has 0 saturated carbocycles. The molecule has 0 aliphatic carbocycles. The van der Waals surface area contributed by atoms with E-state index in [-0.39, 0.29) is 11.8 Å². The van der Waals surface area contributed by atoms with E-state index >= 15 is 0 Å². The summed E-state index contributed by atoms with van der Waals surface area (Å²) in [6.07, 6.45) is 3.15. The van der Waals surface area contributed by atoms with Crippen LogP contribution in [0.25, 0.3) is 5.69 Å². The van der Waals surface area contributed by atoms with E-state index in [4.69, 9.17) is 4.42 Å². The summed E-state index contributed by atoms with van der Waals surface area (Å²) in [7, 11) is 0. The van der Waals surface area contributed by atoms with Crippen LogP contribution in [-0.4, -0.2) is 39.2 Å². The summed E-state index contributed by atoms with van der Waals surface area (Å²) in [5.41, 5.74) is 2.12. The number of aromatic nitrogens is 4. The van der Waals surface area contributed by atoms with Gasteiger partial charge in [0.05, 0.1) is 18.5 Å². The normalized spacial score (nSPS) is 15.1. The molecule has 1 aromatic carbocycles. The highest BCUT2D eigenvalue weighted by molar-refractivity contribution is 5.78. The minimum atomic E-state index is -0.0000762. The number of nitrogens with zero attached hydrogens (tertiary/aromatic N) is 5. The fourth-order valence-electron chi connectivity index (χ4n) is 3.31. The van der Waals surface area contributed by atoms with E-state index in [2.05, 4.69) is 25.7 Å². The van der Waals surface area contributed by atoms with E-state index in [0.29, 0.717) is 12.5 Å². The fourth-order valence-corrected chi connectivity index (χ4v) is 3.31. The maximum atomic E-state index is 12.4. The van der Waals surface area contributed by atoms with Gasteiger partial charge >= 0.3 is 0 Å². The smallest absolute Gasteiger partial charge is 0.250 e. The van der Waals surface area contributed by atoms with Crippen molar-refractivity contribution in [3.05, 3.63) is 54.0 Å². The minimum absolute atomic E-state index is 0.0000762. The summed E-state index contributed by atoms with van der Waals surface area (Å²) < 4.78 is 7.00. The summed E-state index contributed by atoms with van der Waals surface area (Å²) in [6, 6.07) is 11.8. The summed E-state index contributed by atoms with van der Waals surface area (Å²) in [6.45, 7) is 3.96. The predicted molar refractivity (Wildman–Crippen MR) is 99.4 cm³/mol. The Bertz CT molecular complexity index is 879. The van der Waals surface area contributed by atoms with Gasteiger partial charge in [-0.05, 0) is 54.5 Å². The first-order valence-electron chi connectivity index (χ1n) is 9.11. The lowest BCUT2D eigenvalue weighted by Gasteiger charge is -2.31. The van der Waals surface area contributed by atoms with Gasteiger partial charge in [0.15, 0.2) is 0 Å². The molecule has 3 heterocycles. The number of tetrazole rings is 1. The number of anilines is 1. The lowest BCUT2D eigenvalue weighted by atomic mass is 9.96. The van der Waals surface area contributed by atoms with E-state index in [1.165, 1.54) is 5.56 Å². The van der Waals surface area contributed by atoms with Crippen LogP contribution in [0.3, 0.4) is 0 Å². The average molecular weight is 366 g/mol. The highest BCUT2D eigenvalue weighted by atomic mass is 16.3. The summed E-state index contributed by atoms with van der Waals surface area (Å²) in [5, 5.41) is 15.1. The lowest BCUT2D eigenvalue weighted by Crippen LogP contribution is -2.41. The van der Waals surface area contributed by atoms with Gasteiger partial charge in [0, 0.05) is 19.0 Å². The largest absolute Gasteiger partial charge is 0.467 e. The molecule has 1 aliphatic heterocycles. The molecule has 140 valence electrons. The van der Waals surface area contributed by atoms with Crippen molar-refractivity contribution in [3.8, 4) is 5.69 Å². The average Bonchev–Trinajstić information content (AvgIpc) is 3.39. The molecule has 1 N–H and O–H groups in total. The molecule has 4 rings (SSSR count). The zero-order chi connectivity index (χ0) is 18.6. The third-order valence-corrected chi connectivity index (χ3v) is 4.90. The first-order valence-corrected chi connectivity index (χ1v) is 9.11. The Morgan fingerprint density at radius 3 is 2.70 bits per heavy atom. The number of aryl methyl sites for hydroxylation is 1. The summed E-state index contributed by atoms with van der Waals surface area (Å²) >= 11 is 0. The number of nitrogens with one attached hydrogen (secondary N) is 1. The van der Waals surface area contributed by atoms with Crippen molar-refractivity contribution in [2.75, 3.05) is 18.0 Å². The van der Waals surface area contributed by atoms with Gasteiger partial charge in [-0.3, -0.25) is 4.79 Å². The van der Waals surface area contributed by atoms with E-state index in [0.717, 1.165) is 37.4 Å². The second-order valence-electron chi connectivity index (χ2n) is 6.78. The van der Waals surface area contributed by atoms with E-state index in [1.54, 1.807) is 10.9 Å². The predicted octanol–water partition coefficient (Wildman–Crippen LogP) is 2.10. The van der Waals surface area contributed by atoms with Gasteiger partial charge in [-0.15, -0.1) is 0 Å². The van der Waals surface area contributed by atoms with Gasteiger partial charge in [0.2, 0.25) is 11.9 Å². The van der Waals surface area contributed by atoms with Crippen LogP contribution >= 0.6 is 0 Å². The molecule has 1 aliphatic rings. The van der Waals surface area contributed by atoms with Crippen LogP contribution in [0.5, 0.6) is 0 Å². The van der Waals surface area contributed by atoms with Gasteiger partial charge in [0.1, 0.15) is 5.76 Å². The highest BCUT2D eigenvalue weighted by Gasteiger charge is 2.27. The first kappa shape index (κ1) is 17.3. The third kappa shape index (κ3) is 3.84. The molecule has 0 radical (unpaired) electrons. The third-order valence-electron chi connectivity index (χ3n) is 4.90. The minimum Gasteiger partial charge on any atom is -0.467 e. The van der Waals surface area contributed by atoms with Crippen LogP contribution in [0.1, 0.15) is 24.2 Å². The van der Waals surface area contributed by atoms with Gasteiger partial charge in [0.25, 0.3) is 0 Å². The Morgan fingerprint density at radius 2 is 2.00 bits per heavy atom. The van der Waals surface area contributed by atoms with Crippen molar-refractivity contribution in [1.82, 2.24) is 25.5 Å². The van der Waals surface area contributed by atoms with Gasteiger partial charge in [-0.2, -0.15) is 4.68 Å². The van der Waals surface area contributed by atoms with E-state index in [9.17, 15) is 4.79 Å². The molecule has 0 bridgehead atoms. The Hall–Kier alpha value is -3.16. The Kier molecular flexibility index (Phi) is 4.86.